The van der Waals surface area contributed by atoms with Crippen molar-refractivity contribution in [3.8, 4) is 11.6 Å². The van der Waals surface area contributed by atoms with Gasteiger partial charge in [0.1, 0.15) is 0 Å². The topological polar surface area (TPSA) is 77.6 Å². The molecule has 0 atom stereocenters. The van der Waals surface area contributed by atoms with Gasteiger partial charge in [0.25, 0.3) is 11.9 Å². The van der Waals surface area contributed by atoms with E-state index in [0.29, 0.717) is 16.1 Å². The van der Waals surface area contributed by atoms with E-state index in [0.717, 1.165) is 6.20 Å². The smallest absolute Gasteiger partial charge is 0.322 e. The normalized spacial score (nSPS) is 11.4. The number of para-hydroxylation sites is 2. The van der Waals surface area contributed by atoms with E-state index < -0.39 is 23.3 Å². The van der Waals surface area contributed by atoms with Gasteiger partial charge < -0.3 is 9.88 Å². The number of anilines is 1. The van der Waals surface area contributed by atoms with Crippen LogP contribution in [0.4, 0.5) is 18.9 Å². The summed E-state index contributed by atoms with van der Waals surface area (Å²) in [5.74, 6) is -1.23. The second kappa shape index (κ2) is 7.23. The lowest BCUT2D eigenvalue weighted by molar-refractivity contribution is -0.143. The molecule has 0 aliphatic carbocycles. The zero-order valence-corrected chi connectivity index (χ0v) is 14.7. The fraction of sp³-hybridized carbons (Fsp3) is 0.0526. The molecule has 0 aliphatic heterocycles. The number of rotatable bonds is 4. The largest absolute Gasteiger partial charge is 0.434 e. The summed E-state index contributed by atoms with van der Waals surface area (Å²) in [6.45, 7) is 0. The summed E-state index contributed by atoms with van der Waals surface area (Å²) in [6.07, 6.45) is 2.11. The van der Waals surface area contributed by atoms with E-state index in [4.69, 9.17) is 0 Å². The lowest BCUT2D eigenvalue weighted by atomic mass is 10.2. The predicted octanol–water partition coefficient (Wildman–Crippen LogP) is 3.72. The molecular formula is C19H13F3N6O. The molecule has 7 nitrogen and oxygen atoms in total. The van der Waals surface area contributed by atoms with Crippen LogP contribution in [0.2, 0.25) is 0 Å². The third-order valence-electron chi connectivity index (χ3n) is 4.06. The average Bonchev–Trinajstić information content (AvgIpc) is 3.39. The number of carbonyl (C=O) groups excluding carboxylic acids is 1. The van der Waals surface area contributed by atoms with Gasteiger partial charge in [-0.25, -0.2) is 9.97 Å². The van der Waals surface area contributed by atoms with Crippen LogP contribution < -0.4 is 5.32 Å². The van der Waals surface area contributed by atoms with Crippen molar-refractivity contribution in [3.63, 3.8) is 0 Å². The second-order valence-electron chi connectivity index (χ2n) is 5.93. The zero-order valence-electron chi connectivity index (χ0n) is 14.7. The van der Waals surface area contributed by atoms with Gasteiger partial charge in [0.15, 0.2) is 5.69 Å². The predicted molar refractivity (Wildman–Crippen MR) is 97.9 cm³/mol. The number of benzene rings is 1. The first kappa shape index (κ1) is 18.4. The summed E-state index contributed by atoms with van der Waals surface area (Å²) in [5, 5.41) is 6.23. The summed E-state index contributed by atoms with van der Waals surface area (Å²) in [5.41, 5.74) is -0.921. The molecule has 1 amide bonds. The Hall–Kier alpha value is -3.95. The zero-order chi connectivity index (χ0) is 20.4. The van der Waals surface area contributed by atoms with E-state index in [9.17, 15) is 18.0 Å². The van der Waals surface area contributed by atoms with Crippen LogP contribution in [0.3, 0.4) is 0 Å². The summed E-state index contributed by atoms with van der Waals surface area (Å²) in [6, 6.07) is 11.8. The summed E-state index contributed by atoms with van der Waals surface area (Å²) in [7, 11) is 0. The van der Waals surface area contributed by atoms with Gasteiger partial charge in [-0.05, 0) is 30.3 Å². The summed E-state index contributed by atoms with van der Waals surface area (Å²) >= 11 is 0. The van der Waals surface area contributed by atoms with Crippen LogP contribution in [0.5, 0.6) is 0 Å². The molecule has 0 bridgehead atoms. The van der Waals surface area contributed by atoms with Gasteiger partial charge in [0, 0.05) is 24.8 Å². The first-order valence-corrected chi connectivity index (χ1v) is 8.41. The maximum atomic E-state index is 13.7. The number of nitrogens with zero attached hydrogens (tertiary/aromatic N) is 5. The van der Waals surface area contributed by atoms with Crippen molar-refractivity contribution in [3.05, 3.63) is 84.7 Å². The Balaban J connectivity index is 1.74. The first-order valence-electron chi connectivity index (χ1n) is 8.41. The Bertz CT molecular complexity index is 1140. The van der Waals surface area contributed by atoms with Crippen molar-refractivity contribution in [2.75, 3.05) is 5.32 Å². The highest BCUT2D eigenvalue weighted by Crippen LogP contribution is 2.33. The van der Waals surface area contributed by atoms with Crippen LogP contribution >= 0.6 is 0 Å². The van der Waals surface area contributed by atoms with Crippen molar-refractivity contribution in [2.45, 2.75) is 6.18 Å². The molecule has 0 spiro atoms. The van der Waals surface area contributed by atoms with Crippen molar-refractivity contribution in [1.82, 2.24) is 24.3 Å². The SMILES string of the molecule is O=C(Nc1ccccc1-n1cccc1)c1cnn(-c2ncccn2)c1C(F)(F)F. The number of halogens is 3. The molecule has 3 aromatic heterocycles. The molecule has 1 aromatic carbocycles. The number of alkyl halides is 3. The lowest BCUT2D eigenvalue weighted by Gasteiger charge is -2.14. The van der Waals surface area contributed by atoms with Crippen LogP contribution in [0, 0.1) is 0 Å². The van der Waals surface area contributed by atoms with E-state index >= 15 is 0 Å². The number of carbonyl (C=O) groups is 1. The number of aromatic nitrogens is 5. The van der Waals surface area contributed by atoms with Crippen LogP contribution in [0.15, 0.2) is 73.4 Å². The molecule has 0 aliphatic rings. The fourth-order valence-corrected chi connectivity index (χ4v) is 2.83. The van der Waals surface area contributed by atoms with Crippen LogP contribution in [0.1, 0.15) is 16.1 Å². The first-order chi connectivity index (χ1) is 13.9. The Kier molecular flexibility index (Phi) is 4.59. The molecule has 4 aromatic rings. The molecule has 0 radical (unpaired) electrons. The quantitative estimate of drug-likeness (QED) is 0.568. The van der Waals surface area contributed by atoms with Gasteiger partial charge in [-0.3, -0.25) is 4.79 Å². The molecule has 10 heteroatoms. The Morgan fingerprint density at radius 2 is 1.66 bits per heavy atom. The Morgan fingerprint density at radius 3 is 2.34 bits per heavy atom. The van der Waals surface area contributed by atoms with Gasteiger partial charge in [0.05, 0.1) is 23.1 Å². The van der Waals surface area contributed by atoms with E-state index in [2.05, 4.69) is 20.4 Å². The van der Waals surface area contributed by atoms with Crippen molar-refractivity contribution >= 4 is 11.6 Å². The molecule has 1 N–H and O–H groups in total. The monoisotopic (exact) mass is 398 g/mol. The molecule has 29 heavy (non-hydrogen) atoms. The maximum absolute atomic E-state index is 13.7. The highest BCUT2D eigenvalue weighted by molar-refractivity contribution is 6.06. The van der Waals surface area contributed by atoms with Gasteiger partial charge in [-0.15, -0.1) is 0 Å². The molecule has 0 saturated heterocycles. The average molecular weight is 398 g/mol. The van der Waals surface area contributed by atoms with Crippen molar-refractivity contribution in [1.29, 1.82) is 0 Å². The van der Waals surface area contributed by atoms with E-state index in [1.807, 2.05) is 0 Å². The van der Waals surface area contributed by atoms with Crippen LogP contribution in [-0.4, -0.2) is 30.2 Å². The minimum absolute atomic E-state index is 0.286. The van der Waals surface area contributed by atoms with Crippen molar-refractivity contribution < 1.29 is 18.0 Å². The van der Waals surface area contributed by atoms with Gasteiger partial charge in [-0.1, -0.05) is 12.1 Å². The van der Waals surface area contributed by atoms with Crippen LogP contribution in [0.25, 0.3) is 11.6 Å². The molecule has 146 valence electrons. The lowest BCUT2D eigenvalue weighted by Crippen LogP contribution is -2.21. The standard InChI is InChI=1S/C19H13F3N6O/c20-19(21,22)16-13(12-25-28(16)18-23-8-5-9-24-18)17(29)26-14-6-1-2-7-15(14)27-10-3-4-11-27/h1-12H,(H,26,29). The molecule has 3 heterocycles. The summed E-state index contributed by atoms with van der Waals surface area (Å²) < 4.78 is 43.4. The molecule has 4 rings (SSSR count). The van der Waals surface area contributed by atoms with Crippen molar-refractivity contribution in [2.24, 2.45) is 0 Å². The number of hydrogen-bond acceptors (Lipinski definition) is 4. The Labute approximate surface area is 162 Å². The van der Waals surface area contributed by atoms with Gasteiger partial charge in [-0.2, -0.15) is 23.0 Å². The highest BCUT2D eigenvalue weighted by Gasteiger charge is 2.41. The third kappa shape index (κ3) is 3.59. The number of nitrogens with one attached hydrogen (secondary N) is 1. The van der Waals surface area contributed by atoms with Gasteiger partial charge in [0.2, 0.25) is 0 Å². The number of amides is 1. The van der Waals surface area contributed by atoms with E-state index in [1.54, 1.807) is 53.4 Å². The minimum atomic E-state index is -4.84. The fourth-order valence-electron chi connectivity index (χ4n) is 2.83. The molecule has 0 saturated carbocycles. The molecule has 0 unspecified atom stereocenters. The Morgan fingerprint density at radius 1 is 0.966 bits per heavy atom. The molecular weight excluding hydrogens is 385 g/mol. The molecule has 0 fully saturated rings. The van der Waals surface area contributed by atoms with Crippen LogP contribution in [-0.2, 0) is 6.18 Å². The minimum Gasteiger partial charge on any atom is -0.322 e. The second-order valence-corrected chi connectivity index (χ2v) is 5.93. The highest BCUT2D eigenvalue weighted by atomic mass is 19.4. The van der Waals surface area contributed by atoms with Gasteiger partial charge >= 0.3 is 6.18 Å². The van der Waals surface area contributed by atoms with E-state index in [-0.39, 0.29) is 5.95 Å². The summed E-state index contributed by atoms with van der Waals surface area (Å²) in [4.78, 5) is 20.3. The number of hydrogen-bond donors (Lipinski definition) is 1. The maximum Gasteiger partial charge on any atom is 0.434 e. The third-order valence-corrected chi connectivity index (χ3v) is 4.06. The van der Waals surface area contributed by atoms with E-state index in [1.165, 1.54) is 18.5 Å².